The molecule has 0 atom stereocenters. The van der Waals surface area contributed by atoms with Crippen LogP contribution in [-0.2, 0) is 11.8 Å². The molecule has 8 nitrogen and oxygen atoms in total. The van der Waals surface area contributed by atoms with Gasteiger partial charge in [-0.2, -0.15) is 0 Å². The lowest BCUT2D eigenvalue weighted by molar-refractivity contribution is -0.114. The van der Waals surface area contributed by atoms with Gasteiger partial charge in [0, 0.05) is 37.9 Å². The fraction of sp³-hybridized carbons (Fsp3) is 0.444. The van der Waals surface area contributed by atoms with Crippen molar-refractivity contribution in [1.29, 1.82) is 0 Å². The molecule has 8 heteroatoms. The highest BCUT2D eigenvalue weighted by Crippen LogP contribution is 2.31. The molecule has 2 aromatic rings. The number of amides is 1. The summed E-state index contributed by atoms with van der Waals surface area (Å²) in [6, 6.07) is 3.58. The van der Waals surface area contributed by atoms with E-state index in [1.807, 2.05) is 16.7 Å². The highest BCUT2D eigenvalue weighted by atomic mass is 16.5. The third-order valence-corrected chi connectivity index (χ3v) is 5.03. The maximum atomic E-state index is 12.8. The number of nitrogens with zero attached hydrogens (tertiary/aromatic N) is 5. The fourth-order valence-corrected chi connectivity index (χ4v) is 3.59. The topological polar surface area (TPSA) is 80.6 Å². The van der Waals surface area contributed by atoms with Gasteiger partial charge < -0.3 is 19.1 Å². The summed E-state index contributed by atoms with van der Waals surface area (Å²) in [6.07, 6.45) is 4.93. The SMILES string of the molecule is Cc1ncccc1C(=O)N1CCOC2(C1)CN(c1nccn(C)c1=O)C2. The molecular formula is C18H21N5O3. The van der Waals surface area contributed by atoms with Crippen LogP contribution in [0.5, 0.6) is 0 Å². The van der Waals surface area contributed by atoms with Crippen LogP contribution in [0.15, 0.2) is 35.5 Å². The van der Waals surface area contributed by atoms with Gasteiger partial charge in [0.15, 0.2) is 5.82 Å². The van der Waals surface area contributed by atoms with Crippen molar-refractivity contribution in [2.45, 2.75) is 12.5 Å². The Kier molecular flexibility index (Phi) is 3.99. The molecule has 2 aromatic heterocycles. The first kappa shape index (κ1) is 16.7. The van der Waals surface area contributed by atoms with Gasteiger partial charge in [0.2, 0.25) is 0 Å². The second-order valence-corrected chi connectivity index (χ2v) is 6.92. The van der Waals surface area contributed by atoms with Crippen LogP contribution in [0.3, 0.4) is 0 Å². The van der Waals surface area contributed by atoms with Gasteiger partial charge in [-0.05, 0) is 19.1 Å². The van der Waals surface area contributed by atoms with Gasteiger partial charge in [-0.3, -0.25) is 14.6 Å². The van der Waals surface area contributed by atoms with Crippen molar-refractivity contribution in [3.05, 3.63) is 52.3 Å². The summed E-state index contributed by atoms with van der Waals surface area (Å²) in [5.41, 5.74) is 0.786. The van der Waals surface area contributed by atoms with Crippen LogP contribution in [0.2, 0.25) is 0 Å². The van der Waals surface area contributed by atoms with E-state index in [-0.39, 0.29) is 11.5 Å². The van der Waals surface area contributed by atoms with Crippen molar-refractivity contribution in [3.63, 3.8) is 0 Å². The number of hydrogen-bond donors (Lipinski definition) is 0. The molecule has 4 rings (SSSR count). The minimum Gasteiger partial charge on any atom is -0.368 e. The largest absolute Gasteiger partial charge is 0.368 e. The average molecular weight is 355 g/mol. The summed E-state index contributed by atoms with van der Waals surface area (Å²) in [4.78, 5) is 37.2. The zero-order valence-corrected chi connectivity index (χ0v) is 14.9. The Bertz CT molecular complexity index is 904. The van der Waals surface area contributed by atoms with E-state index in [9.17, 15) is 9.59 Å². The molecule has 2 saturated heterocycles. The van der Waals surface area contributed by atoms with E-state index < -0.39 is 5.60 Å². The third-order valence-electron chi connectivity index (χ3n) is 5.03. The first-order valence-corrected chi connectivity index (χ1v) is 8.61. The summed E-state index contributed by atoms with van der Waals surface area (Å²) >= 11 is 0. The van der Waals surface area contributed by atoms with E-state index in [0.29, 0.717) is 44.2 Å². The lowest BCUT2D eigenvalue weighted by Gasteiger charge is -2.53. The van der Waals surface area contributed by atoms with Crippen molar-refractivity contribution in [1.82, 2.24) is 19.4 Å². The molecule has 2 aliphatic rings. The van der Waals surface area contributed by atoms with Gasteiger partial charge in [0.05, 0.1) is 31.8 Å². The smallest absolute Gasteiger partial charge is 0.293 e. The summed E-state index contributed by atoms with van der Waals surface area (Å²) in [5.74, 6) is 0.404. The number of pyridine rings is 1. The van der Waals surface area contributed by atoms with Gasteiger partial charge in [-0.15, -0.1) is 0 Å². The molecular weight excluding hydrogens is 334 g/mol. The Morgan fingerprint density at radius 2 is 2.04 bits per heavy atom. The molecule has 1 spiro atoms. The van der Waals surface area contributed by atoms with Crippen molar-refractivity contribution in [3.8, 4) is 0 Å². The first-order valence-electron chi connectivity index (χ1n) is 8.61. The van der Waals surface area contributed by atoms with E-state index >= 15 is 0 Å². The van der Waals surface area contributed by atoms with Crippen molar-refractivity contribution < 1.29 is 9.53 Å². The van der Waals surface area contributed by atoms with Gasteiger partial charge >= 0.3 is 0 Å². The molecule has 1 amide bonds. The zero-order chi connectivity index (χ0) is 18.3. The van der Waals surface area contributed by atoms with Crippen molar-refractivity contribution in [2.24, 2.45) is 7.05 Å². The average Bonchev–Trinajstić information content (AvgIpc) is 2.62. The molecule has 0 aromatic carbocycles. The Labute approximate surface area is 151 Å². The fourth-order valence-electron chi connectivity index (χ4n) is 3.59. The van der Waals surface area contributed by atoms with Crippen LogP contribution in [0.4, 0.5) is 5.82 Å². The molecule has 0 bridgehead atoms. The number of ether oxygens (including phenoxy) is 1. The second-order valence-electron chi connectivity index (χ2n) is 6.92. The van der Waals surface area contributed by atoms with Gasteiger partial charge in [0.25, 0.3) is 11.5 Å². The molecule has 0 unspecified atom stereocenters. The molecule has 4 heterocycles. The second kappa shape index (κ2) is 6.21. The zero-order valence-electron chi connectivity index (χ0n) is 14.9. The molecule has 2 fully saturated rings. The maximum absolute atomic E-state index is 12.8. The molecule has 0 N–H and O–H groups in total. The lowest BCUT2D eigenvalue weighted by atomic mass is 9.91. The Morgan fingerprint density at radius 3 is 2.81 bits per heavy atom. The minimum absolute atomic E-state index is 0.0227. The summed E-state index contributed by atoms with van der Waals surface area (Å²) in [6.45, 7) is 4.48. The number of carbonyl (C=O) groups excluding carboxylic acids is 1. The van der Waals surface area contributed by atoms with Crippen LogP contribution in [-0.4, -0.2) is 63.7 Å². The van der Waals surface area contributed by atoms with Crippen molar-refractivity contribution >= 4 is 11.7 Å². The number of aromatic nitrogens is 3. The van der Waals surface area contributed by atoms with Crippen LogP contribution in [0.1, 0.15) is 16.1 Å². The Hall–Kier alpha value is -2.74. The predicted molar refractivity (Wildman–Crippen MR) is 95.3 cm³/mol. The van der Waals surface area contributed by atoms with Crippen LogP contribution in [0.25, 0.3) is 0 Å². The molecule has 0 saturated carbocycles. The lowest BCUT2D eigenvalue weighted by Crippen LogP contribution is -2.71. The van der Waals surface area contributed by atoms with E-state index in [1.165, 1.54) is 4.57 Å². The van der Waals surface area contributed by atoms with Crippen LogP contribution >= 0.6 is 0 Å². The summed E-state index contributed by atoms with van der Waals surface area (Å²) in [7, 11) is 1.71. The van der Waals surface area contributed by atoms with Gasteiger partial charge in [-0.25, -0.2) is 4.98 Å². The number of anilines is 1. The molecule has 0 aliphatic carbocycles. The van der Waals surface area contributed by atoms with E-state index in [1.54, 1.807) is 37.8 Å². The quantitative estimate of drug-likeness (QED) is 0.766. The van der Waals surface area contributed by atoms with E-state index in [2.05, 4.69) is 9.97 Å². The summed E-state index contributed by atoms with van der Waals surface area (Å²) < 4.78 is 7.49. The number of rotatable bonds is 2. The first-order chi connectivity index (χ1) is 12.5. The third kappa shape index (κ3) is 2.76. The normalized spacial score (nSPS) is 18.7. The standard InChI is InChI=1S/C18H21N5O3/c1-13-14(4-3-5-19-13)16(24)22-8-9-26-18(10-22)11-23(12-18)15-17(25)21(2)7-6-20-15/h3-7H,8-12H2,1-2H3. The molecule has 0 radical (unpaired) electrons. The van der Waals surface area contributed by atoms with Gasteiger partial charge in [-0.1, -0.05) is 0 Å². The van der Waals surface area contributed by atoms with Gasteiger partial charge in [0.1, 0.15) is 5.60 Å². The van der Waals surface area contributed by atoms with E-state index in [4.69, 9.17) is 4.74 Å². The number of hydrogen-bond acceptors (Lipinski definition) is 6. The number of aryl methyl sites for hydroxylation is 2. The monoisotopic (exact) mass is 355 g/mol. The Morgan fingerprint density at radius 1 is 1.23 bits per heavy atom. The predicted octanol–water partition coefficient (Wildman–Crippen LogP) is 0.215. The minimum atomic E-state index is -0.438. The highest BCUT2D eigenvalue weighted by Gasteiger charge is 2.49. The maximum Gasteiger partial charge on any atom is 0.293 e. The van der Waals surface area contributed by atoms with E-state index in [0.717, 1.165) is 5.69 Å². The molecule has 136 valence electrons. The molecule has 26 heavy (non-hydrogen) atoms. The Balaban J connectivity index is 1.48. The number of morpholine rings is 1. The molecule has 2 aliphatic heterocycles. The number of carbonyl (C=O) groups is 1. The van der Waals surface area contributed by atoms with Crippen LogP contribution < -0.4 is 10.5 Å². The summed E-state index contributed by atoms with van der Waals surface area (Å²) in [5, 5.41) is 0. The van der Waals surface area contributed by atoms with Crippen molar-refractivity contribution in [2.75, 3.05) is 37.7 Å². The van der Waals surface area contributed by atoms with Crippen LogP contribution in [0, 0.1) is 6.92 Å². The highest BCUT2D eigenvalue weighted by molar-refractivity contribution is 5.95.